The van der Waals surface area contributed by atoms with Gasteiger partial charge < -0.3 is 4.57 Å². The molecule has 0 radical (unpaired) electrons. The second kappa shape index (κ2) is 11.1. The van der Waals surface area contributed by atoms with Crippen molar-refractivity contribution in [1.82, 2.24) is 14.5 Å². The molecule has 0 unspecified atom stereocenters. The average molecular weight is 564 g/mol. The van der Waals surface area contributed by atoms with Crippen molar-refractivity contribution in [3.8, 4) is 28.3 Å². The van der Waals surface area contributed by atoms with E-state index in [9.17, 15) is 0 Å². The second-order valence-corrected chi connectivity index (χ2v) is 11.0. The van der Waals surface area contributed by atoms with Gasteiger partial charge in [0.05, 0.1) is 22.4 Å². The molecule has 0 bridgehead atoms. The van der Waals surface area contributed by atoms with Crippen LogP contribution in [-0.2, 0) is 0 Å². The van der Waals surface area contributed by atoms with Crippen LogP contribution >= 0.6 is 0 Å². The highest BCUT2D eigenvalue weighted by molar-refractivity contribution is 6.09. The first kappa shape index (κ1) is 25.9. The Labute approximate surface area is 256 Å². The quantitative estimate of drug-likeness (QED) is 0.209. The van der Waals surface area contributed by atoms with Crippen molar-refractivity contribution in [2.24, 2.45) is 0 Å². The highest BCUT2D eigenvalue weighted by atomic mass is 15.0. The number of aromatic nitrogens is 3. The second-order valence-electron chi connectivity index (χ2n) is 11.0. The molecule has 1 aliphatic carbocycles. The zero-order chi connectivity index (χ0) is 29.3. The minimum Gasteiger partial charge on any atom is -0.309 e. The number of hydrogen-bond acceptors (Lipinski definition) is 2. The summed E-state index contributed by atoms with van der Waals surface area (Å²) < 4.78 is 2.36. The Balaban J connectivity index is 1.20. The molecule has 0 fully saturated rings. The lowest BCUT2D eigenvalue weighted by atomic mass is 10.0. The number of rotatable bonds is 5. The van der Waals surface area contributed by atoms with E-state index in [0.717, 1.165) is 51.6 Å². The Kier molecular flexibility index (Phi) is 6.54. The lowest BCUT2D eigenvalue weighted by Crippen LogP contribution is -1.98. The van der Waals surface area contributed by atoms with E-state index in [2.05, 4.69) is 144 Å². The van der Waals surface area contributed by atoms with Crippen molar-refractivity contribution in [2.45, 2.75) is 6.42 Å². The number of nitrogens with zero attached hydrogens (tertiary/aromatic N) is 3. The van der Waals surface area contributed by atoms with E-state index in [1.165, 1.54) is 27.4 Å². The van der Waals surface area contributed by atoms with Crippen LogP contribution < -0.4 is 0 Å². The Hall–Kier alpha value is -5.80. The molecule has 0 atom stereocenters. The third-order valence-electron chi connectivity index (χ3n) is 8.24. The first-order valence-electron chi connectivity index (χ1n) is 15.0. The molecule has 3 heteroatoms. The molecule has 208 valence electrons. The highest BCUT2D eigenvalue weighted by Crippen LogP contribution is 2.34. The van der Waals surface area contributed by atoms with Gasteiger partial charge in [-0.05, 0) is 59.5 Å². The van der Waals surface area contributed by atoms with Crippen LogP contribution in [0.4, 0.5) is 0 Å². The molecule has 0 spiro atoms. The van der Waals surface area contributed by atoms with Gasteiger partial charge in [-0.3, -0.25) is 0 Å². The summed E-state index contributed by atoms with van der Waals surface area (Å²) in [4.78, 5) is 10.0. The minimum absolute atomic E-state index is 0.727. The van der Waals surface area contributed by atoms with Gasteiger partial charge in [-0.2, -0.15) is 0 Å². The van der Waals surface area contributed by atoms with Crippen LogP contribution in [0.5, 0.6) is 0 Å². The fourth-order valence-electron chi connectivity index (χ4n) is 6.09. The van der Waals surface area contributed by atoms with Crippen molar-refractivity contribution < 1.29 is 0 Å². The van der Waals surface area contributed by atoms with Crippen molar-refractivity contribution in [2.75, 3.05) is 0 Å². The van der Waals surface area contributed by atoms with Crippen LogP contribution in [0.1, 0.15) is 17.7 Å². The monoisotopic (exact) mass is 563 g/mol. The summed E-state index contributed by atoms with van der Waals surface area (Å²) in [5.41, 5.74) is 10.9. The van der Waals surface area contributed by atoms with Crippen LogP contribution in [0.25, 0.3) is 61.3 Å². The van der Waals surface area contributed by atoms with Gasteiger partial charge in [-0.1, -0.05) is 127 Å². The molecule has 5 aromatic carbocycles. The molecule has 2 heterocycles. The Morgan fingerprint density at radius 2 is 1.09 bits per heavy atom. The number of para-hydroxylation sites is 2. The zero-order valence-electron chi connectivity index (χ0n) is 24.1. The Morgan fingerprint density at radius 3 is 1.77 bits per heavy atom. The molecule has 0 amide bonds. The van der Waals surface area contributed by atoms with Crippen LogP contribution in [0, 0.1) is 0 Å². The van der Waals surface area contributed by atoms with Gasteiger partial charge in [0.2, 0.25) is 0 Å². The van der Waals surface area contributed by atoms with Crippen molar-refractivity contribution in [3.05, 3.63) is 175 Å². The molecule has 3 nitrogen and oxygen atoms in total. The summed E-state index contributed by atoms with van der Waals surface area (Å²) in [6.07, 6.45) is 9.78. The van der Waals surface area contributed by atoms with E-state index in [4.69, 9.17) is 9.97 Å². The first-order chi connectivity index (χ1) is 21.8. The third-order valence-corrected chi connectivity index (χ3v) is 8.24. The van der Waals surface area contributed by atoms with E-state index in [1.807, 2.05) is 24.3 Å². The average Bonchev–Trinajstić information content (AvgIpc) is 3.23. The Bertz CT molecular complexity index is 2110. The summed E-state index contributed by atoms with van der Waals surface area (Å²) in [5, 5.41) is 2.54. The molecule has 1 aliphatic rings. The van der Waals surface area contributed by atoms with Gasteiger partial charge >= 0.3 is 0 Å². The maximum absolute atomic E-state index is 5.07. The number of hydrogen-bond donors (Lipinski definition) is 0. The fourth-order valence-corrected chi connectivity index (χ4v) is 6.09. The number of allylic oxidation sites excluding steroid dienone is 6. The molecule has 44 heavy (non-hydrogen) atoms. The predicted molar refractivity (Wildman–Crippen MR) is 183 cm³/mol. The largest absolute Gasteiger partial charge is 0.309 e. The molecule has 0 saturated heterocycles. The minimum atomic E-state index is 0.727. The van der Waals surface area contributed by atoms with E-state index in [0.29, 0.717) is 0 Å². The summed E-state index contributed by atoms with van der Waals surface area (Å²) in [6, 6.07) is 48.8. The molecular weight excluding hydrogens is 534 g/mol. The van der Waals surface area contributed by atoms with Crippen LogP contribution in [-0.4, -0.2) is 14.5 Å². The molecule has 0 aliphatic heterocycles. The maximum Gasteiger partial charge on any atom is 0.160 e. The van der Waals surface area contributed by atoms with Gasteiger partial charge in [0.1, 0.15) is 0 Å². The lowest BCUT2D eigenvalue weighted by molar-refractivity contribution is 1.15. The van der Waals surface area contributed by atoms with Crippen molar-refractivity contribution in [3.63, 3.8) is 0 Å². The highest BCUT2D eigenvalue weighted by Gasteiger charge is 2.14. The lowest BCUT2D eigenvalue weighted by Gasteiger charge is -2.11. The summed E-state index contributed by atoms with van der Waals surface area (Å²) >= 11 is 0. The van der Waals surface area contributed by atoms with Crippen LogP contribution in [0.3, 0.4) is 0 Å². The van der Waals surface area contributed by atoms with Crippen LogP contribution in [0.2, 0.25) is 0 Å². The van der Waals surface area contributed by atoms with E-state index in [1.54, 1.807) is 0 Å². The molecule has 2 aromatic heterocycles. The molecule has 8 rings (SSSR count). The van der Waals surface area contributed by atoms with Gasteiger partial charge in [-0.15, -0.1) is 0 Å². The summed E-state index contributed by atoms with van der Waals surface area (Å²) in [7, 11) is 0. The summed E-state index contributed by atoms with van der Waals surface area (Å²) in [5.74, 6) is 0.727. The fraction of sp³-hybridized carbons (Fsp3) is 0.0244. The smallest absolute Gasteiger partial charge is 0.160 e. The van der Waals surface area contributed by atoms with Gasteiger partial charge in [0.25, 0.3) is 0 Å². The molecule has 0 N–H and O–H groups in total. The molecule has 0 saturated carbocycles. The predicted octanol–water partition coefficient (Wildman–Crippen LogP) is 10.3. The number of benzene rings is 5. The van der Waals surface area contributed by atoms with Crippen molar-refractivity contribution >= 4 is 33.0 Å². The van der Waals surface area contributed by atoms with Gasteiger partial charge in [-0.25, -0.2) is 9.97 Å². The van der Waals surface area contributed by atoms with E-state index < -0.39 is 0 Å². The first-order valence-corrected chi connectivity index (χ1v) is 15.0. The van der Waals surface area contributed by atoms with E-state index >= 15 is 0 Å². The molecular formula is C41H29N3. The van der Waals surface area contributed by atoms with E-state index in [-0.39, 0.29) is 0 Å². The normalized spacial score (nSPS) is 13.1. The summed E-state index contributed by atoms with van der Waals surface area (Å²) in [6.45, 7) is 0. The third kappa shape index (κ3) is 4.75. The van der Waals surface area contributed by atoms with Gasteiger partial charge in [0, 0.05) is 27.6 Å². The zero-order valence-corrected chi connectivity index (χ0v) is 24.1. The SMILES string of the molecule is C1=CC(c2ccc(-n3c4ccccc4c4ccccc43)cc2)=CC(c2cc(-c3ccccc3)nc(-c3ccccc3)n2)=CC1. The number of fused-ring (bicyclic) bond motifs is 3. The van der Waals surface area contributed by atoms with Gasteiger partial charge in [0.15, 0.2) is 5.82 Å². The standard InChI is InChI=1S/C41H29N3/c1-3-13-30(14-4-1)37-28-38(43-41(42-37)31-15-5-2-6-16-31)33-18-8-7-17-32(27-33)29-23-25-34(26-24-29)44-39-21-11-9-19-35(39)36-20-10-12-22-40(36)44/h1-7,9-28H,8H2. The van der Waals surface area contributed by atoms with Crippen molar-refractivity contribution in [1.29, 1.82) is 0 Å². The Morgan fingerprint density at radius 1 is 0.500 bits per heavy atom. The maximum atomic E-state index is 5.07. The topological polar surface area (TPSA) is 30.7 Å². The molecule has 7 aromatic rings. The van der Waals surface area contributed by atoms with Crippen LogP contribution in [0.15, 0.2) is 164 Å².